The third-order valence-electron chi connectivity index (χ3n) is 3.28. The molecule has 3 nitrogen and oxygen atoms in total. The highest BCUT2D eigenvalue weighted by atomic mass is 15.1. The molecule has 0 spiro atoms. The van der Waals surface area contributed by atoms with E-state index in [9.17, 15) is 0 Å². The molecule has 70 valence electrons. The van der Waals surface area contributed by atoms with Crippen LogP contribution < -0.4 is 5.73 Å². The highest BCUT2D eigenvalue weighted by molar-refractivity contribution is 5.34. The molecule has 1 heterocycles. The largest absolute Gasteiger partial charge is 0.327 e. The molecule has 0 radical (unpaired) electrons. The molecule has 1 fully saturated rings. The standard InChI is InChI=1S/C10H15N3/c11-8-5-7(8)10-6-3-1-2-4-9(6)12-13-10/h7-8H,1-5,11H2,(H,12,13)/t7-,8-/m1/s1. The Morgan fingerprint density at radius 2 is 2.08 bits per heavy atom. The lowest BCUT2D eigenvalue weighted by molar-refractivity contribution is 0.672. The molecule has 2 aliphatic carbocycles. The van der Waals surface area contributed by atoms with Crippen LogP contribution in [0.2, 0.25) is 0 Å². The minimum absolute atomic E-state index is 0.384. The van der Waals surface area contributed by atoms with E-state index in [0.717, 1.165) is 6.42 Å². The molecular weight excluding hydrogens is 162 g/mol. The quantitative estimate of drug-likeness (QED) is 0.675. The molecule has 0 bridgehead atoms. The predicted octanol–water partition coefficient (Wildman–Crippen LogP) is 1.10. The van der Waals surface area contributed by atoms with Gasteiger partial charge in [0.15, 0.2) is 0 Å². The second-order valence-corrected chi connectivity index (χ2v) is 4.28. The first kappa shape index (κ1) is 7.56. The van der Waals surface area contributed by atoms with E-state index in [4.69, 9.17) is 5.73 Å². The number of hydrogen-bond acceptors (Lipinski definition) is 2. The molecular formula is C10H15N3. The fraction of sp³-hybridized carbons (Fsp3) is 0.700. The van der Waals surface area contributed by atoms with Gasteiger partial charge in [0.25, 0.3) is 0 Å². The molecule has 0 aliphatic heterocycles. The van der Waals surface area contributed by atoms with Gasteiger partial charge in [0.05, 0.1) is 5.69 Å². The van der Waals surface area contributed by atoms with Crippen LogP contribution in [0.25, 0.3) is 0 Å². The average molecular weight is 177 g/mol. The highest BCUT2D eigenvalue weighted by Crippen LogP contribution is 2.41. The zero-order chi connectivity index (χ0) is 8.84. The van der Waals surface area contributed by atoms with Gasteiger partial charge in [0.2, 0.25) is 0 Å². The van der Waals surface area contributed by atoms with E-state index in [-0.39, 0.29) is 0 Å². The van der Waals surface area contributed by atoms with Gasteiger partial charge in [0, 0.05) is 17.7 Å². The van der Waals surface area contributed by atoms with Gasteiger partial charge < -0.3 is 5.73 Å². The van der Waals surface area contributed by atoms with Gasteiger partial charge in [-0.3, -0.25) is 5.10 Å². The summed E-state index contributed by atoms with van der Waals surface area (Å²) in [5.74, 6) is 0.568. The monoisotopic (exact) mass is 177 g/mol. The summed E-state index contributed by atoms with van der Waals surface area (Å²) in [4.78, 5) is 0. The van der Waals surface area contributed by atoms with Crippen molar-refractivity contribution in [2.24, 2.45) is 5.73 Å². The molecule has 3 rings (SSSR count). The maximum absolute atomic E-state index is 5.84. The SMILES string of the molecule is N[C@@H]1C[C@H]1c1n[nH]c2c1CCCC2. The fourth-order valence-electron chi connectivity index (χ4n) is 2.34. The van der Waals surface area contributed by atoms with Crippen molar-refractivity contribution in [3.05, 3.63) is 17.0 Å². The molecule has 2 aliphatic rings. The van der Waals surface area contributed by atoms with E-state index in [1.54, 1.807) is 0 Å². The van der Waals surface area contributed by atoms with Crippen LogP contribution in [0.4, 0.5) is 0 Å². The number of nitrogens with zero attached hydrogens (tertiary/aromatic N) is 1. The molecule has 0 aromatic carbocycles. The van der Waals surface area contributed by atoms with Crippen molar-refractivity contribution in [1.82, 2.24) is 10.2 Å². The summed E-state index contributed by atoms with van der Waals surface area (Å²) in [7, 11) is 0. The van der Waals surface area contributed by atoms with E-state index < -0.39 is 0 Å². The first-order valence-electron chi connectivity index (χ1n) is 5.18. The number of aromatic amines is 1. The molecule has 13 heavy (non-hydrogen) atoms. The zero-order valence-corrected chi connectivity index (χ0v) is 7.71. The van der Waals surface area contributed by atoms with E-state index >= 15 is 0 Å². The van der Waals surface area contributed by atoms with Crippen LogP contribution >= 0.6 is 0 Å². The Hall–Kier alpha value is -0.830. The maximum atomic E-state index is 5.84. The summed E-state index contributed by atoms with van der Waals surface area (Å²) in [6.45, 7) is 0. The number of aromatic nitrogens is 2. The van der Waals surface area contributed by atoms with Crippen molar-refractivity contribution >= 4 is 0 Å². The van der Waals surface area contributed by atoms with E-state index in [2.05, 4.69) is 10.2 Å². The summed E-state index contributed by atoms with van der Waals surface area (Å²) >= 11 is 0. The second kappa shape index (κ2) is 2.58. The normalized spacial score (nSPS) is 31.5. The summed E-state index contributed by atoms with van der Waals surface area (Å²) in [6.07, 6.45) is 6.17. The molecule has 1 aromatic heterocycles. The molecule has 3 N–H and O–H groups in total. The summed E-state index contributed by atoms with van der Waals surface area (Å²) in [5, 5.41) is 7.57. The lowest BCUT2D eigenvalue weighted by atomic mass is 9.94. The van der Waals surface area contributed by atoms with E-state index in [1.165, 1.54) is 42.6 Å². The van der Waals surface area contributed by atoms with Gasteiger partial charge in [-0.2, -0.15) is 5.10 Å². The van der Waals surface area contributed by atoms with Gasteiger partial charge in [-0.1, -0.05) is 0 Å². The van der Waals surface area contributed by atoms with E-state index in [1.807, 2.05) is 0 Å². The lowest BCUT2D eigenvalue weighted by Gasteiger charge is -2.10. The molecule has 0 amide bonds. The number of nitrogens with one attached hydrogen (secondary N) is 1. The molecule has 3 heteroatoms. The van der Waals surface area contributed by atoms with Gasteiger partial charge in [-0.05, 0) is 37.7 Å². The van der Waals surface area contributed by atoms with Crippen molar-refractivity contribution in [3.63, 3.8) is 0 Å². The molecule has 0 saturated heterocycles. The smallest absolute Gasteiger partial charge is 0.0703 e. The van der Waals surface area contributed by atoms with Crippen molar-refractivity contribution in [1.29, 1.82) is 0 Å². The van der Waals surface area contributed by atoms with Gasteiger partial charge in [-0.25, -0.2) is 0 Å². The number of H-pyrrole nitrogens is 1. The van der Waals surface area contributed by atoms with E-state index in [0.29, 0.717) is 12.0 Å². The Bertz CT molecular complexity index is 329. The van der Waals surface area contributed by atoms with Crippen molar-refractivity contribution < 1.29 is 0 Å². The maximum Gasteiger partial charge on any atom is 0.0703 e. The molecule has 0 unspecified atom stereocenters. The highest BCUT2D eigenvalue weighted by Gasteiger charge is 2.39. The minimum Gasteiger partial charge on any atom is -0.327 e. The number of fused-ring (bicyclic) bond motifs is 1. The van der Waals surface area contributed by atoms with Crippen LogP contribution in [0.5, 0.6) is 0 Å². The van der Waals surface area contributed by atoms with Crippen molar-refractivity contribution in [2.75, 3.05) is 0 Å². The van der Waals surface area contributed by atoms with Crippen LogP contribution in [0.1, 0.15) is 42.1 Å². The third kappa shape index (κ3) is 1.10. The average Bonchev–Trinajstić information content (AvgIpc) is 2.74. The number of hydrogen-bond donors (Lipinski definition) is 2. The Labute approximate surface area is 77.7 Å². The summed E-state index contributed by atoms with van der Waals surface area (Å²) in [5.41, 5.74) is 9.98. The Kier molecular flexibility index (Phi) is 1.50. The molecule has 2 atom stereocenters. The first-order chi connectivity index (χ1) is 6.36. The fourth-order valence-corrected chi connectivity index (χ4v) is 2.34. The number of rotatable bonds is 1. The van der Waals surface area contributed by atoms with Gasteiger partial charge in [-0.15, -0.1) is 0 Å². The summed E-state index contributed by atoms with van der Waals surface area (Å²) in [6, 6.07) is 0.384. The van der Waals surface area contributed by atoms with Crippen LogP contribution in [0.3, 0.4) is 0 Å². The van der Waals surface area contributed by atoms with Crippen LogP contribution in [0, 0.1) is 0 Å². The lowest BCUT2D eigenvalue weighted by Crippen LogP contribution is -2.05. The predicted molar refractivity (Wildman–Crippen MR) is 50.6 cm³/mol. The van der Waals surface area contributed by atoms with Crippen LogP contribution in [0.15, 0.2) is 0 Å². The topological polar surface area (TPSA) is 54.7 Å². The third-order valence-corrected chi connectivity index (χ3v) is 3.28. The van der Waals surface area contributed by atoms with Crippen LogP contribution in [-0.4, -0.2) is 16.2 Å². The van der Waals surface area contributed by atoms with Crippen molar-refractivity contribution in [2.45, 2.75) is 44.1 Å². The van der Waals surface area contributed by atoms with Gasteiger partial charge in [0.1, 0.15) is 0 Å². The Morgan fingerprint density at radius 3 is 2.85 bits per heavy atom. The summed E-state index contributed by atoms with van der Waals surface area (Å²) < 4.78 is 0. The zero-order valence-electron chi connectivity index (χ0n) is 7.71. The number of aryl methyl sites for hydroxylation is 1. The Morgan fingerprint density at radius 1 is 1.31 bits per heavy atom. The van der Waals surface area contributed by atoms with Crippen LogP contribution in [-0.2, 0) is 12.8 Å². The first-order valence-corrected chi connectivity index (χ1v) is 5.18. The Balaban J connectivity index is 1.97. The second-order valence-electron chi connectivity index (χ2n) is 4.28. The van der Waals surface area contributed by atoms with Gasteiger partial charge >= 0.3 is 0 Å². The molecule has 1 aromatic rings. The number of nitrogens with two attached hydrogens (primary N) is 1. The molecule has 1 saturated carbocycles. The van der Waals surface area contributed by atoms with Crippen molar-refractivity contribution in [3.8, 4) is 0 Å². The minimum atomic E-state index is 0.384.